The molecule has 114 valence electrons. The fraction of sp³-hybridized carbons (Fsp3) is 1.00. The Morgan fingerprint density at radius 3 is 2.16 bits per heavy atom. The van der Waals surface area contributed by atoms with Crippen LogP contribution in [0.1, 0.15) is 78.1 Å². The minimum Gasteiger partial charge on any atom is -0.376 e. The lowest BCUT2D eigenvalue weighted by molar-refractivity contribution is 0.0220. The molecule has 1 fully saturated rings. The normalized spacial score (nSPS) is 20.1. The van der Waals surface area contributed by atoms with E-state index in [2.05, 4.69) is 19.2 Å². The summed E-state index contributed by atoms with van der Waals surface area (Å²) in [6.07, 6.45) is 14.5. The highest BCUT2D eigenvalue weighted by molar-refractivity contribution is 4.66. The summed E-state index contributed by atoms with van der Waals surface area (Å²) in [5, 5.41) is 3.40. The molecule has 1 heterocycles. The maximum atomic E-state index is 5.71. The van der Waals surface area contributed by atoms with Gasteiger partial charge in [-0.3, -0.25) is 0 Å². The fourth-order valence-electron chi connectivity index (χ4n) is 2.79. The fourth-order valence-corrected chi connectivity index (χ4v) is 2.79. The summed E-state index contributed by atoms with van der Waals surface area (Å²) in [4.78, 5) is 0. The lowest BCUT2D eigenvalue weighted by Gasteiger charge is -2.23. The molecule has 1 aliphatic rings. The summed E-state index contributed by atoms with van der Waals surface area (Å²) >= 11 is 0. The third kappa shape index (κ3) is 10.4. The van der Waals surface area contributed by atoms with E-state index in [1.165, 1.54) is 64.2 Å². The van der Waals surface area contributed by atoms with E-state index in [9.17, 15) is 0 Å². The van der Waals surface area contributed by atoms with Crippen molar-refractivity contribution in [3.63, 3.8) is 0 Å². The van der Waals surface area contributed by atoms with Crippen molar-refractivity contribution in [1.82, 2.24) is 5.32 Å². The van der Waals surface area contributed by atoms with Gasteiger partial charge in [0.25, 0.3) is 0 Å². The van der Waals surface area contributed by atoms with Crippen molar-refractivity contribution in [2.24, 2.45) is 5.92 Å². The molecule has 1 saturated heterocycles. The molecule has 0 aromatic heterocycles. The molecule has 19 heavy (non-hydrogen) atoms. The monoisotopic (exact) mass is 269 g/mol. The lowest BCUT2D eigenvalue weighted by Crippen LogP contribution is -2.38. The van der Waals surface area contributed by atoms with Gasteiger partial charge in [-0.25, -0.2) is 0 Å². The Bertz CT molecular complexity index is 188. The zero-order valence-electron chi connectivity index (χ0n) is 13.3. The van der Waals surface area contributed by atoms with Crippen LogP contribution in [-0.2, 0) is 4.74 Å². The number of unbranched alkanes of at least 4 members (excludes halogenated alkanes) is 7. The van der Waals surface area contributed by atoms with Crippen molar-refractivity contribution in [3.05, 3.63) is 0 Å². The second-order valence-corrected chi connectivity index (χ2v) is 6.50. The van der Waals surface area contributed by atoms with Crippen LogP contribution in [0.15, 0.2) is 0 Å². The van der Waals surface area contributed by atoms with Crippen molar-refractivity contribution in [2.45, 2.75) is 84.2 Å². The van der Waals surface area contributed by atoms with Crippen LogP contribution in [-0.4, -0.2) is 25.8 Å². The molecule has 0 aromatic rings. The van der Waals surface area contributed by atoms with E-state index < -0.39 is 0 Å². The summed E-state index contributed by atoms with van der Waals surface area (Å²) in [7, 11) is 0. The standard InChI is InChI=1S/C17H35NO/c1-16(2)11-9-7-5-3-4-6-8-10-12-17-15-18-13-14-19-17/h16-18H,3-15H2,1-2H3. The number of rotatable bonds is 11. The third-order valence-electron chi connectivity index (χ3n) is 4.06. The molecule has 0 saturated carbocycles. The van der Waals surface area contributed by atoms with E-state index >= 15 is 0 Å². The molecule has 0 spiro atoms. The van der Waals surface area contributed by atoms with Crippen LogP contribution in [0.2, 0.25) is 0 Å². The predicted molar refractivity (Wildman–Crippen MR) is 83.6 cm³/mol. The van der Waals surface area contributed by atoms with Crippen LogP contribution in [0.5, 0.6) is 0 Å². The van der Waals surface area contributed by atoms with Crippen LogP contribution < -0.4 is 5.32 Å². The Morgan fingerprint density at radius 2 is 1.58 bits per heavy atom. The van der Waals surface area contributed by atoms with Crippen molar-refractivity contribution in [2.75, 3.05) is 19.7 Å². The average molecular weight is 269 g/mol. The Labute approximate surface area is 120 Å². The quantitative estimate of drug-likeness (QED) is 0.556. The maximum absolute atomic E-state index is 5.71. The molecular formula is C17H35NO. The Kier molecular flexibility index (Phi) is 10.5. The smallest absolute Gasteiger partial charge is 0.0700 e. The number of ether oxygens (including phenoxy) is 1. The van der Waals surface area contributed by atoms with E-state index in [4.69, 9.17) is 4.74 Å². The molecule has 1 rings (SSSR count). The number of hydrogen-bond acceptors (Lipinski definition) is 2. The summed E-state index contributed by atoms with van der Waals surface area (Å²) in [5.74, 6) is 0.886. The van der Waals surface area contributed by atoms with Gasteiger partial charge in [-0.1, -0.05) is 71.6 Å². The van der Waals surface area contributed by atoms with Gasteiger partial charge in [-0.15, -0.1) is 0 Å². The molecule has 0 aromatic carbocycles. The van der Waals surface area contributed by atoms with Crippen molar-refractivity contribution in [3.8, 4) is 0 Å². The average Bonchev–Trinajstić information content (AvgIpc) is 2.42. The molecule has 1 atom stereocenters. The largest absolute Gasteiger partial charge is 0.376 e. The number of morpholine rings is 1. The van der Waals surface area contributed by atoms with Gasteiger partial charge in [-0.05, 0) is 12.3 Å². The zero-order chi connectivity index (χ0) is 13.8. The lowest BCUT2D eigenvalue weighted by atomic mass is 10.0. The summed E-state index contributed by atoms with van der Waals surface area (Å²) in [6.45, 7) is 7.65. The minimum absolute atomic E-state index is 0.491. The highest BCUT2D eigenvalue weighted by Gasteiger charge is 2.11. The van der Waals surface area contributed by atoms with Gasteiger partial charge in [0, 0.05) is 13.1 Å². The van der Waals surface area contributed by atoms with Crippen LogP contribution in [0.4, 0.5) is 0 Å². The molecule has 0 amide bonds. The van der Waals surface area contributed by atoms with Crippen LogP contribution in [0.25, 0.3) is 0 Å². The Hall–Kier alpha value is -0.0800. The molecule has 0 bridgehead atoms. The first kappa shape index (κ1) is 17.0. The second kappa shape index (κ2) is 11.7. The van der Waals surface area contributed by atoms with Crippen LogP contribution in [0, 0.1) is 5.92 Å². The van der Waals surface area contributed by atoms with Crippen molar-refractivity contribution < 1.29 is 4.74 Å². The third-order valence-corrected chi connectivity index (χ3v) is 4.06. The summed E-state index contributed by atoms with van der Waals surface area (Å²) in [5.41, 5.74) is 0. The van der Waals surface area contributed by atoms with Crippen LogP contribution >= 0.6 is 0 Å². The topological polar surface area (TPSA) is 21.3 Å². The highest BCUT2D eigenvalue weighted by atomic mass is 16.5. The summed E-state index contributed by atoms with van der Waals surface area (Å²) < 4.78 is 5.71. The van der Waals surface area contributed by atoms with E-state index in [0.29, 0.717) is 6.10 Å². The van der Waals surface area contributed by atoms with Gasteiger partial charge < -0.3 is 10.1 Å². The van der Waals surface area contributed by atoms with Gasteiger partial charge in [0.1, 0.15) is 0 Å². The molecule has 2 heteroatoms. The number of nitrogens with one attached hydrogen (secondary N) is 1. The Balaban J connectivity index is 1.73. The summed E-state index contributed by atoms with van der Waals surface area (Å²) in [6, 6.07) is 0. The van der Waals surface area contributed by atoms with Gasteiger partial charge in [0.2, 0.25) is 0 Å². The molecular weight excluding hydrogens is 234 g/mol. The van der Waals surface area contributed by atoms with E-state index in [1.807, 2.05) is 0 Å². The molecule has 1 unspecified atom stereocenters. The van der Waals surface area contributed by atoms with E-state index in [-0.39, 0.29) is 0 Å². The molecule has 1 aliphatic heterocycles. The van der Waals surface area contributed by atoms with Gasteiger partial charge in [-0.2, -0.15) is 0 Å². The first-order chi connectivity index (χ1) is 9.29. The Morgan fingerprint density at radius 1 is 0.947 bits per heavy atom. The van der Waals surface area contributed by atoms with Gasteiger partial charge in [0.05, 0.1) is 12.7 Å². The van der Waals surface area contributed by atoms with Gasteiger partial charge >= 0.3 is 0 Å². The highest BCUT2D eigenvalue weighted by Crippen LogP contribution is 2.14. The van der Waals surface area contributed by atoms with Crippen molar-refractivity contribution in [1.29, 1.82) is 0 Å². The molecule has 1 N–H and O–H groups in total. The maximum Gasteiger partial charge on any atom is 0.0700 e. The SMILES string of the molecule is CC(C)CCCCCCCCCCC1CNCCO1. The predicted octanol–water partition coefficient (Wildman–Crippen LogP) is 4.53. The minimum atomic E-state index is 0.491. The molecule has 0 aliphatic carbocycles. The second-order valence-electron chi connectivity index (χ2n) is 6.50. The van der Waals surface area contributed by atoms with E-state index in [1.54, 1.807) is 0 Å². The molecule has 2 nitrogen and oxygen atoms in total. The van der Waals surface area contributed by atoms with Gasteiger partial charge in [0.15, 0.2) is 0 Å². The first-order valence-corrected chi connectivity index (χ1v) is 8.61. The zero-order valence-corrected chi connectivity index (χ0v) is 13.3. The van der Waals surface area contributed by atoms with E-state index in [0.717, 1.165) is 25.6 Å². The molecule has 0 radical (unpaired) electrons. The number of hydrogen-bond donors (Lipinski definition) is 1. The van der Waals surface area contributed by atoms with Crippen LogP contribution in [0.3, 0.4) is 0 Å². The first-order valence-electron chi connectivity index (χ1n) is 8.61. The van der Waals surface area contributed by atoms with Crippen molar-refractivity contribution >= 4 is 0 Å².